The van der Waals surface area contributed by atoms with Crippen molar-refractivity contribution in [3.63, 3.8) is 0 Å². The van der Waals surface area contributed by atoms with Crippen molar-refractivity contribution in [2.24, 2.45) is 0 Å². The van der Waals surface area contributed by atoms with Gasteiger partial charge in [0.05, 0.1) is 32.0 Å². The van der Waals surface area contributed by atoms with E-state index in [1.165, 1.54) is 161 Å². The fraction of sp³-hybridized carbons (Fsp3) is 0.981. The molecule has 2 fully saturated rings. The van der Waals surface area contributed by atoms with Crippen LogP contribution in [0.2, 0.25) is 0 Å². The Morgan fingerprint density at radius 3 is 1.27 bits per heavy atom. The van der Waals surface area contributed by atoms with Gasteiger partial charge in [-0.05, 0) is 12.8 Å². The van der Waals surface area contributed by atoms with Gasteiger partial charge in [-0.15, -0.1) is 0 Å². The number of rotatable bonds is 44. The molecule has 67 heavy (non-hydrogen) atoms. The SMILES string of the molecule is CCCCCCCCCCCCCCCCCCCC(O)C(COC1OC(CO)C(OC2OC(CO)C(O)C(O)C2O)C(O)C1O)NC(=O)CCCCCCCCCCCCCCCCCC. The maximum atomic E-state index is 13.2. The van der Waals surface area contributed by atoms with Crippen LogP contribution in [0.25, 0.3) is 0 Å². The van der Waals surface area contributed by atoms with Gasteiger partial charge in [0.2, 0.25) is 5.91 Å². The second kappa shape index (κ2) is 40.6. The van der Waals surface area contributed by atoms with Gasteiger partial charge in [0, 0.05) is 6.42 Å². The quantitative estimate of drug-likeness (QED) is 0.0263. The lowest BCUT2D eigenvalue weighted by Crippen LogP contribution is -2.65. The van der Waals surface area contributed by atoms with Crippen LogP contribution < -0.4 is 5.32 Å². The zero-order valence-corrected chi connectivity index (χ0v) is 42.4. The molecule has 2 saturated heterocycles. The number of carbonyl (C=O) groups excluding carboxylic acids is 1. The molecule has 1 amide bonds. The van der Waals surface area contributed by atoms with Gasteiger partial charge < -0.3 is 65.1 Å². The van der Waals surface area contributed by atoms with E-state index < -0.39 is 86.8 Å². The lowest BCUT2D eigenvalue weighted by atomic mass is 9.97. The molecule has 14 nitrogen and oxygen atoms in total. The van der Waals surface area contributed by atoms with E-state index in [4.69, 9.17) is 18.9 Å². The van der Waals surface area contributed by atoms with Crippen LogP contribution >= 0.6 is 0 Å². The summed E-state index contributed by atoms with van der Waals surface area (Å²) in [6.45, 7) is 2.88. The van der Waals surface area contributed by atoms with Crippen LogP contribution in [-0.2, 0) is 23.7 Å². The van der Waals surface area contributed by atoms with Gasteiger partial charge >= 0.3 is 0 Å². The van der Waals surface area contributed by atoms with E-state index in [1.54, 1.807) is 0 Å². The Labute approximate surface area is 406 Å². The highest BCUT2D eigenvalue weighted by Gasteiger charge is 2.51. The van der Waals surface area contributed by atoms with Gasteiger partial charge in [0.25, 0.3) is 0 Å². The summed E-state index contributed by atoms with van der Waals surface area (Å²) in [5.74, 6) is -0.202. The molecule has 0 aromatic heterocycles. The van der Waals surface area contributed by atoms with Crippen LogP contribution in [0.3, 0.4) is 0 Å². The third-order valence-electron chi connectivity index (χ3n) is 14.1. The average Bonchev–Trinajstić information content (AvgIpc) is 3.32. The maximum absolute atomic E-state index is 13.2. The number of aliphatic hydroxyl groups excluding tert-OH is 8. The van der Waals surface area contributed by atoms with E-state index in [0.29, 0.717) is 12.8 Å². The number of hydrogen-bond acceptors (Lipinski definition) is 13. The first-order chi connectivity index (χ1) is 32.6. The predicted octanol–water partition coefficient (Wildman–Crippen LogP) is 8.17. The summed E-state index contributed by atoms with van der Waals surface area (Å²) in [4.78, 5) is 13.2. The highest BCUT2D eigenvalue weighted by atomic mass is 16.7. The van der Waals surface area contributed by atoms with Gasteiger partial charge in [0.15, 0.2) is 12.6 Å². The van der Waals surface area contributed by atoms with Crippen molar-refractivity contribution < 1.29 is 64.6 Å². The molecule has 0 radical (unpaired) electrons. The third kappa shape index (κ3) is 27.4. The first kappa shape index (κ1) is 62.1. The Bertz CT molecular complexity index is 1140. The minimum atomic E-state index is -1.78. The van der Waals surface area contributed by atoms with Crippen molar-refractivity contribution in [3.05, 3.63) is 0 Å². The Morgan fingerprint density at radius 1 is 0.478 bits per heavy atom. The van der Waals surface area contributed by atoms with Crippen molar-refractivity contribution in [2.45, 2.75) is 312 Å². The molecular formula is C53H103NO13. The maximum Gasteiger partial charge on any atom is 0.220 e. The van der Waals surface area contributed by atoms with E-state index in [-0.39, 0.29) is 12.5 Å². The molecular weight excluding hydrogens is 859 g/mol. The average molecular weight is 962 g/mol. The topological polar surface area (TPSA) is 228 Å². The number of nitrogens with one attached hydrogen (secondary N) is 1. The molecule has 398 valence electrons. The Kier molecular flexibility index (Phi) is 37.6. The first-order valence-electron chi connectivity index (χ1n) is 27.8. The molecule has 0 aromatic carbocycles. The molecule has 0 aromatic rings. The zero-order valence-electron chi connectivity index (χ0n) is 42.4. The van der Waals surface area contributed by atoms with Crippen molar-refractivity contribution in [1.82, 2.24) is 5.32 Å². The molecule has 0 aliphatic carbocycles. The summed E-state index contributed by atoms with van der Waals surface area (Å²) in [5.41, 5.74) is 0. The number of amides is 1. The molecule has 0 bridgehead atoms. The molecule has 14 heteroatoms. The number of ether oxygens (including phenoxy) is 4. The van der Waals surface area contributed by atoms with Gasteiger partial charge in [-0.2, -0.15) is 0 Å². The van der Waals surface area contributed by atoms with Gasteiger partial charge in [-0.3, -0.25) is 4.79 Å². The molecule has 12 unspecified atom stereocenters. The van der Waals surface area contributed by atoms with E-state index >= 15 is 0 Å². The van der Waals surface area contributed by atoms with Gasteiger partial charge in [-0.1, -0.05) is 219 Å². The smallest absolute Gasteiger partial charge is 0.220 e. The summed E-state index contributed by atoms with van der Waals surface area (Å²) in [7, 11) is 0. The summed E-state index contributed by atoms with van der Waals surface area (Å²) in [6.07, 6.45) is 25.2. The summed E-state index contributed by atoms with van der Waals surface area (Å²) in [6, 6.07) is -0.821. The van der Waals surface area contributed by atoms with E-state index in [2.05, 4.69) is 19.2 Å². The summed E-state index contributed by atoms with van der Waals surface area (Å²) in [5, 5.41) is 87.1. The monoisotopic (exact) mass is 962 g/mol. The highest BCUT2D eigenvalue weighted by Crippen LogP contribution is 2.30. The van der Waals surface area contributed by atoms with Crippen molar-refractivity contribution >= 4 is 5.91 Å². The van der Waals surface area contributed by atoms with E-state index in [0.717, 1.165) is 51.4 Å². The first-order valence-corrected chi connectivity index (χ1v) is 27.8. The van der Waals surface area contributed by atoms with Crippen LogP contribution in [0.1, 0.15) is 239 Å². The summed E-state index contributed by atoms with van der Waals surface area (Å²) >= 11 is 0. The molecule has 0 saturated carbocycles. The van der Waals surface area contributed by atoms with Crippen LogP contribution in [0.5, 0.6) is 0 Å². The van der Waals surface area contributed by atoms with Crippen LogP contribution in [0, 0.1) is 0 Å². The van der Waals surface area contributed by atoms with Crippen LogP contribution in [0.4, 0.5) is 0 Å². The highest BCUT2D eigenvalue weighted by molar-refractivity contribution is 5.76. The fourth-order valence-corrected chi connectivity index (χ4v) is 9.53. The number of aliphatic hydroxyl groups is 8. The third-order valence-corrected chi connectivity index (χ3v) is 14.1. The Hall–Kier alpha value is -1.01. The lowest BCUT2D eigenvalue weighted by Gasteiger charge is -2.46. The second-order valence-electron chi connectivity index (χ2n) is 20.1. The molecule has 0 spiro atoms. The van der Waals surface area contributed by atoms with E-state index in [1.807, 2.05) is 0 Å². The van der Waals surface area contributed by atoms with Crippen molar-refractivity contribution in [2.75, 3.05) is 19.8 Å². The standard InChI is InChI=1S/C53H103NO13/c1-3-5-7-9-11-13-15-17-19-21-22-24-26-28-30-32-34-36-42(57)41(54-45(58)37-35-33-31-29-27-25-23-20-18-16-14-12-10-8-6-4-2)40-64-52-50(63)48(61)51(44(39-56)66-52)67-53-49(62)47(60)46(59)43(38-55)65-53/h41-44,46-53,55-57,59-63H,3-40H2,1-2H3,(H,54,58). The fourth-order valence-electron chi connectivity index (χ4n) is 9.53. The van der Waals surface area contributed by atoms with Gasteiger partial charge in [0.1, 0.15) is 48.8 Å². The zero-order chi connectivity index (χ0) is 48.9. The minimum absolute atomic E-state index is 0.202. The Balaban J connectivity index is 1.79. The molecule has 12 atom stereocenters. The molecule has 9 N–H and O–H groups in total. The van der Waals surface area contributed by atoms with Crippen molar-refractivity contribution in [3.8, 4) is 0 Å². The molecule has 2 heterocycles. The largest absolute Gasteiger partial charge is 0.394 e. The van der Waals surface area contributed by atoms with Crippen LogP contribution in [-0.4, -0.2) is 140 Å². The minimum Gasteiger partial charge on any atom is -0.394 e. The number of unbranched alkanes of at least 4 members (excludes halogenated alkanes) is 31. The second-order valence-corrected chi connectivity index (χ2v) is 20.1. The van der Waals surface area contributed by atoms with Crippen LogP contribution in [0.15, 0.2) is 0 Å². The van der Waals surface area contributed by atoms with Crippen molar-refractivity contribution in [1.29, 1.82) is 0 Å². The normalized spacial score (nSPS) is 26.5. The molecule has 2 aliphatic heterocycles. The predicted molar refractivity (Wildman–Crippen MR) is 263 cm³/mol. The lowest BCUT2D eigenvalue weighted by molar-refractivity contribution is -0.359. The number of carbonyl (C=O) groups is 1. The number of hydrogen-bond donors (Lipinski definition) is 9. The van der Waals surface area contributed by atoms with E-state index in [9.17, 15) is 45.6 Å². The Morgan fingerprint density at radius 2 is 0.851 bits per heavy atom. The summed E-state index contributed by atoms with van der Waals surface area (Å²) < 4.78 is 22.8. The molecule has 2 rings (SSSR count). The van der Waals surface area contributed by atoms with Gasteiger partial charge in [-0.25, -0.2) is 0 Å². The molecule has 2 aliphatic rings.